The molecule has 17 heavy (non-hydrogen) atoms. The van der Waals surface area contributed by atoms with Crippen LogP contribution in [0.5, 0.6) is 0 Å². The first-order valence-corrected chi connectivity index (χ1v) is 5.89. The molecule has 96 valence electrons. The Hall–Kier alpha value is -0.930. The van der Waals surface area contributed by atoms with Crippen LogP contribution in [0.1, 0.15) is 33.3 Å². The smallest absolute Gasteiger partial charge is 0.123 e. The lowest BCUT2D eigenvalue weighted by Gasteiger charge is -2.32. The molecule has 0 fully saturated rings. The summed E-state index contributed by atoms with van der Waals surface area (Å²) in [6, 6.07) is 6.67. The standard InChI is InChI=1S/C14H22FNO/c1-13(2,9-16-14(3,4)10-17)11-6-5-7-12(15)8-11/h5-8,16-17H,9-10H2,1-4H3. The second-order valence-electron chi connectivity index (χ2n) is 5.79. The van der Waals surface area contributed by atoms with E-state index in [1.54, 1.807) is 12.1 Å². The highest BCUT2D eigenvalue weighted by atomic mass is 19.1. The second-order valence-corrected chi connectivity index (χ2v) is 5.79. The van der Waals surface area contributed by atoms with E-state index in [2.05, 4.69) is 19.2 Å². The fourth-order valence-corrected chi connectivity index (χ4v) is 1.53. The van der Waals surface area contributed by atoms with Crippen LogP contribution in [0.3, 0.4) is 0 Å². The van der Waals surface area contributed by atoms with Crippen molar-refractivity contribution in [2.75, 3.05) is 13.2 Å². The van der Waals surface area contributed by atoms with Gasteiger partial charge in [0.1, 0.15) is 5.82 Å². The first-order chi connectivity index (χ1) is 7.77. The molecule has 0 amide bonds. The first-order valence-electron chi connectivity index (χ1n) is 5.89. The van der Waals surface area contributed by atoms with Crippen LogP contribution >= 0.6 is 0 Å². The van der Waals surface area contributed by atoms with Gasteiger partial charge in [0, 0.05) is 17.5 Å². The molecule has 0 atom stereocenters. The molecule has 2 N–H and O–H groups in total. The average molecular weight is 239 g/mol. The normalized spacial score (nSPS) is 12.8. The Labute approximate surface area is 103 Å². The van der Waals surface area contributed by atoms with Gasteiger partial charge in [-0.05, 0) is 31.5 Å². The van der Waals surface area contributed by atoms with Gasteiger partial charge in [-0.15, -0.1) is 0 Å². The van der Waals surface area contributed by atoms with Crippen molar-refractivity contribution in [1.82, 2.24) is 5.32 Å². The number of nitrogens with one attached hydrogen (secondary N) is 1. The molecule has 0 saturated carbocycles. The summed E-state index contributed by atoms with van der Waals surface area (Å²) in [4.78, 5) is 0. The van der Waals surface area contributed by atoms with Crippen LogP contribution in [0.2, 0.25) is 0 Å². The lowest BCUT2D eigenvalue weighted by atomic mass is 9.84. The number of benzene rings is 1. The van der Waals surface area contributed by atoms with Gasteiger partial charge in [0.05, 0.1) is 6.61 Å². The van der Waals surface area contributed by atoms with Crippen molar-refractivity contribution < 1.29 is 9.50 Å². The van der Waals surface area contributed by atoms with E-state index in [0.29, 0.717) is 6.54 Å². The quantitative estimate of drug-likeness (QED) is 0.827. The van der Waals surface area contributed by atoms with Gasteiger partial charge in [0.25, 0.3) is 0 Å². The van der Waals surface area contributed by atoms with Crippen LogP contribution in [0, 0.1) is 5.82 Å². The van der Waals surface area contributed by atoms with E-state index in [-0.39, 0.29) is 23.4 Å². The predicted molar refractivity (Wildman–Crippen MR) is 68.6 cm³/mol. The second kappa shape index (κ2) is 5.15. The summed E-state index contributed by atoms with van der Waals surface area (Å²) in [5.41, 5.74) is 0.470. The van der Waals surface area contributed by atoms with E-state index < -0.39 is 0 Å². The predicted octanol–water partition coefficient (Wildman–Crippen LogP) is 2.46. The molecule has 3 heteroatoms. The third kappa shape index (κ3) is 4.10. The Morgan fingerprint density at radius 2 is 1.88 bits per heavy atom. The monoisotopic (exact) mass is 239 g/mol. The van der Waals surface area contributed by atoms with Crippen LogP contribution in [-0.4, -0.2) is 23.8 Å². The molecule has 0 spiro atoms. The minimum atomic E-state index is -0.315. The molecular formula is C14H22FNO. The number of aliphatic hydroxyl groups excluding tert-OH is 1. The van der Waals surface area contributed by atoms with Gasteiger partial charge in [-0.2, -0.15) is 0 Å². The zero-order chi connectivity index (χ0) is 13.1. The van der Waals surface area contributed by atoms with Crippen LogP contribution in [0.4, 0.5) is 4.39 Å². The number of hydrogen-bond donors (Lipinski definition) is 2. The molecule has 0 aliphatic heterocycles. The highest BCUT2D eigenvalue weighted by Gasteiger charge is 2.24. The van der Waals surface area contributed by atoms with Gasteiger partial charge < -0.3 is 10.4 Å². The lowest BCUT2D eigenvalue weighted by molar-refractivity contribution is 0.181. The van der Waals surface area contributed by atoms with Crippen molar-refractivity contribution in [1.29, 1.82) is 0 Å². The topological polar surface area (TPSA) is 32.3 Å². The highest BCUT2D eigenvalue weighted by Crippen LogP contribution is 2.23. The Kier molecular flexibility index (Phi) is 4.28. The molecule has 0 aromatic heterocycles. The third-order valence-electron chi connectivity index (χ3n) is 3.01. The molecule has 1 aromatic rings. The molecule has 1 rings (SSSR count). The van der Waals surface area contributed by atoms with Gasteiger partial charge in [0.15, 0.2) is 0 Å². The molecule has 2 nitrogen and oxygen atoms in total. The van der Waals surface area contributed by atoms with E-state index in [4.69, 9.17) is 0 Å². The maximum absolute atomic E-state index is 13.2. The minimum absolute atomic E-state index is 0.0756. The van der Waals surface area contributed by atoms with Gasteiger partial charge in [-0.3, -0.25) is 0 Å². The van der Waals surface area contributed by atoms with Crippen molar-refractivity contribution >= 4 is 0 Å². The number of rotatable bonds is 5. The van der Waals surface area contributed by atoms with Crippen LogP contribution in [-0.2, 0) is 5.41 Å². The number of hydrogen-bond acceptors (Lipinski definition) is 2. The van der Waals surface area contributed by atoms with Gasteiger partial charge in [-0.25, -0.2) is 4.39 Å². The molecule has 0 heterocycles. The van der Waals surface area contributed by atoms with Crippen LogP contribution in [0.25, 0.3) is 0 Å². The molecule has 0 aliphatic carbocycles. The summed E-state index contributed by atoms with van der Waals surface area (Å²) >= 11 is 0. The Bertz CT molecular complexity index is 374. The fraction of sp³-hybridized carbons (Fsp3) is 0.571. The summed E-state index contributed by atoms with van der Waals surface area (Å²) in [6.45, 7) is 8.75. The molecule has 1 aromatic carbocycles. The van der Waals surface area contributed by atoms with Crippen molar-refractivity contribution in [2.45, 2.75) is 38.6 Å². The van der Waals surface area contributed by atoms with E-state index in [1.807, 2.05) is 19.9 Å². The van der Waals surface area contributed by atoms with Gasteiger partial charge >= 0.3 is 0 Å². The molecular weight excluding hydrogens is 217 g/mol. The van der Waals surface area contributed by atoms with E-state index >= 15 is 0 Å². The van der Waals surface area contributed by atoms with Crippen molar-refractivity contribution in [3.8, 4) is 0 Å². The average Bonchev–Trinajstić information content (AvgIpc) is 2.27. The molecule has 0 unspecified atom stereocenters. The lowest BCUT2D eigenvalue weighted by Crippen LogP contribution is -2.48. The van der Waals surface area contributed by atoms with E-state index in [1.165, 1.54) is 6.07 Å². The fourth-order valence-electron chi connectivity index (χ4n) is 1.53. The molecule has 0 aliphatic rings. The van der Waals surface area contributed by atoms with E-state index in [9.17, 15) is 9.50 Å². The summed E-state index contributed by atoms with van der Waals surface area (Å²) in [7, 11) is 0. The third-order valence-corrected chi connectivity index (χ3v) is 3.01. The van der Waals surface area contributed by atoms with Crippen molar-refractivity contribution in [3.05, 3.63) is 35.6 Å². The summed E-state index contributed by atoms with van der Waals surface area (Å²) in [6.07, 6.45) is 0. The Balaban J connectivity index is 2.75. The number of halogens is 1. The first kappa shape index (κ1) is 14.1. The van der Waals surface area contributed by atoms with Crippen LogP contribution < -0.4 is 5.32 Å². The summed E-state index contributed by atoms with van der Waals surface area (Å²) in [5, 5.41) is 12.5. The zero-order valence-corrected chi connectivity index (χ0v) is 11.0. The van der Waals surface area contributed by atoms with Crippen LogP contribution in [0.15, 0.2) is 24.3 Å². The minimum Gasteiger partial charge on any atom is -0.394 e. The molecule has 0 radical (unpaired) electrons. The van der Waals surface area contributed by atoms with Gasteiger partial charge in [-0.1, -0.05) is 26.0 Å². The molecule has 0 saturated heterocycles. The maximum Gasteiger partial charge on any atom is 0.123 e. The maximum atomic E-state index is 13.2. The van der Waals surface area contributed by atoms with E-state index in [0.717, 1.165) is 5.56 Å². The van der Waals surface area contributed by atoms with Gasteiger partial charge in [0.2, 0.25) is 0 Å². The summed E-state index contributed by atoms with van der Waals surface area (Å²) in [5.74, 6) is -0.211. The largest absolute Gasteiger partial charge is 0.394 e. The Morgan fingerprint density at radius 1 is 1.24 bits per heavy atom. The zero-order valence-electron chi connectivity index (χ0n) is 11.0. The van der Waals surface area contributed by atoms with Crippen molar-refractivity contribution in [2.24, 2.45) is 0 Å². The summed E-state index contributed by atoms with van der Waals surface area (Å²) < 4.78 is 13.2. The SMILES string of the molecule is CC(C)(CO)NCC(C)(C)c1cccc(F)c1. The number of aliphatic hydroxyl groups is 1. The van der Waals surface area contributed by atoms with Crippen molar-refractivity contribution in [3.63, 3.8) is 0 Å². The molecule has 0 bridgehead atoms. The highest BCUT2D eigenvalue weighted by molar-refractivity contribution is 5.25. The Morgan fingerprint density at radius 3 is 2.41 bits per heavy atom.